The van der Waals surface area contributed by atoms with Crippen molar-refractivity contribution in [2.75, 3.05) is 10.6 Å². The second kappa shape index (κ2) is 13.2. The van der Waals surface area contributed by atoms with E-state index in [1.54, 1.807) is 6.20 Å². The maximum absolute atomic E-state index is 11.2. The average Bonchev–Trinajstić information content (AvgIpc) is 3.24. The highest BCUT2D eigenvalue weighted by Crippen LogP contribution is 2.31. The second-order valence-electron chi connectivity index (χ2n) is 7.07. The number of halogens is 1. The number of imidazole rings is 1. The molecule has 2 aromatic carbocycles. The molecule has 0 aliphatic rings. The maximum Gasteiger partial charge on any atom is 0.221 e. The minimum atomic E-state index is -0.0657. The van der Waals surface area contributed by atoms with Gasteiger partial charge in [0, 0.05) is 55.7 Å². The monoisotopic (exact) mass is 490 g/mol. The number of hydrogen-bond acceptors (Lipinski definition) is 5. The van der Waals surface area contributed by atoms with Crippen molar-refractivity contribution >= 4 is 59.1 Å². The average molecular weight is 491 g/mol. The Kier molecular flexibility index (Phi) is 10.7. The molecule has 3 aromatic rings. The molecule has 0 bridgehead atoms. The SMILES string of the molecule is CC(=O)Nc1ccc(CSC(Cn2ccnc2)SCc2ccc(NC(C)=O)cc2)cc1.Cl. The molecular weight excluding hydrogens is 464 g/mol. The number of carbonyl (C=O) groups excluding carboxylic acids is 2. The fourth-order valence-electron chi connectivity index (χ4n) is 2.87. The van der Waals surface area contributed by atoms with E-state index in [9.17, 15) is 9.59 Å². The minimum Gasteiger partial charge on any atom is -0.336 e. The highest BCUT2D eigenvalue weighted by atomic mass is 35.5. The molecule has 3 rings (SSSR count). The number of hydrogen-bond donors (Lipinski definition) is 2. The largest absolute Gasteiger partial charge is 0.336 e. The van der Waals surface area contributed by atoms with Crippen LogP contribution in [0.15, 0.2) is 67.3 Å². The van der Waals surface area contributed by atoms with Crippen molar-refractivity contribution in [1.29, 1.82) is 0 Å². The summed E-state index contributed by atoms with van der Waals surface area (Å²) in [5.41, 5.74) is 4.06. The van der Waals surface area contributed by atoms with Crippen LogP contribution >= 0.6 is 35.9 Å². The molecule has 0 fully saturated rings. The fraction of sp³-hybridized carbons (Fsp3) is 0.261. The van der Waals surface area contributed by atoms with Crippen molar-refractivity contribution < 1.29 is 9.59 Å². The fourth-order valence-corrected chi connectivity index (χ4v) is 5.36. The van der Waals surface area contributed by atoms with Crippen LogP contribution in [0, 0.1) is 0 Å². The zero-order valence-electron chi connectivity index (χ0n) is 18.0. The third-order valence-corrected chi connectivity index (χ3v) is 7.20. The predicted molar refractivity (Wildman–Crippen MR) is 137 cm³/mol. The van der Waals surface area contributed by atoms with E-state index in [1.165, 1.54) is 25.0 Å². The van der Waals surface area contributed by atoms with Crippen molar-refractivity contribution in [3.8, 4) is 0 Å². The quantitative estimate of drug-likeness (QED) is 0.371. The Morgan fingerprint density at radius 2 is 1.34 bits per heavy atom. The van der Waals surface area contributed by atoms with Gasteiger partial charge in [-0.05, 0) is 35.4 Å². The Bertz CT molecular complexity index is 917. The Morgan fingerprint density at radius 1 is 0.875 bits per heavy atom. The summed E-state index contributed by atoms with van der Waals surface area (Å²) < 4.78 is 2.45. The van der Waals surface area contributed by atoms with E-state index in [1.807, 2.05) is 60.3 Å². The summed E-state index contributed by atoms with van der Waals surface area (Å²) in [6.45, 7) is 3.88. The molecule has 1 aromatic heterocycles. The van der Waals surface area contributed by atoms with Gasteiger partial charge in [0.1, 0.15) is 0 Å². The van der Waals surface area contributed by atoms with Gasteiger partial charge in [-0.3, -0.25) is 9.59 Å². The summed E-state index contributed by atoms with van der Waals surface area (Å²) in [6.07, 6.45) is 5.63. The number of benzene rings is 2. The van der Waals surface area contributed by atoms with Crippen LogP contribution in [-0.4, -0.2) is 25.9 Å². The molecule has 2 amide bonds. The van der Waals surface area contributed by atoms with E-state index < -0.39 is 0 Å². The second-order valence-corrected chi connectivity index (χ2v) is 9.75. The van der Waals surface area contributed by atoms with Gasteiger partial charge in [-0.1, -0.05) is 24.3 Å². The molecule has 6 nitrogen and oxygen atoms in total. The molecule has 0 unspecified atom stereocenters. The molecule has 0 aliphatic carbocycles. The molecule has 9 heteroatoms. The first-order valence-corrected chi connectivity index (χ1v) is 12.0. The van der Waals surface area contributed by atoms with E-state index in [4.69, 9.17) is 0 Å². The minimum absolute atomic E-state index is 0. The highest BCUT2D eigenvalue weighted by molar-refractivity contribution is 8.16. The third-order valence-electron chi connectivity index (χ3n) is 4.34. The molecule has 1 heterocycles. The van der Waals surface area contributed by atoms with Crippen molar-refractivity contribution in [1.82, 2.24) is 9.55 Å². The molecule has 32 heavy (non-hydrogen) atoms. The first kappa shape index (κ1) is 25.8. The molecule has 0 aliphatic heterocycles. The highest BCUT2D eigenvalue weighted by Gasteiger charge is 2.12. The number of rotatable bonds is 10. The van der Waals surface area contributed by atoms with Crippen LogP contribution in [-0.2, 0) is 27.6 Å². The molecular formula is C23H27ClN4O2S2. The molecule has 0 saturated heterocycles. The van der Waals surface area contributed by atoms with Gasteiger partial charge in [-0.2, -0.15) is 0 Å². The molecule has 0 spiro atoms. The molecule has 0 radical (unpaired) electrons. The number of thioether (sulfide) groups is 2. The van der Waals surface area contributed by atoms with Gasteiger partial charge < -0.3 is 15.2 Å². The normalized spacial score (nSPS) is 10.5. The van der Waals surface area contributed by atoms with Gasteiger partial charge in [0.2, 0.25) is 11.8 Å². The predicted octanol–water partition coefficient (Wildman–Crippen LogP) is 5.41. The summed E-state index contributed by atoms with van der Waals surface area (Å²) in [7, 11) is 0. The van der Waals surface area contributed by atoms with Crippen LogP contribution in [0.4, 0.5) is 11.4 Å². The van der Waals surface area contributed by atoms with E-state index in [-0.39, 0.29) is 24.2 Å². The topological polar surface area (TPSA) is 76.0 Å². The van der Waals surface area contributed by atoms with Crippen LogP contribution in [0.25, 0.3) is 0 Å². The van der Waals surface area contributed by atoms with Crippen molar-refractivity contribution in [2.24, 2.45) is 0 Å². The van der Waals surface area contributed by atoms with E-state index in [0.717, 1.165) is 29.4 Å². The van der Waals surface area contributed by atoms with Crippen molar-refractivity contribution in [3.63, 3.8) is 0 Å². The lowest BCUT2D eigenvalue weighted by molar-refractivity contribution is -0.115. The molecule has 0 atom stereocenters. The number of nitrogens with one attached hydrogen (secondary N) is 2. The van der Waals surface area contributed by atoms with Gasteiger partial charge in [-0.25, -0.2) is 4.98 Å². The Morgan fingerprint density at radius 3 is 1.72 bits per heavy atom. The number of carbonyl (C=O) groups is 2. The lowest BCUT2D eigenvalue weighted by Crippen LogP contribution is -2.09. The van der Waals surface area contributed by atoms with Crippen molar-refractivity contribution in [2.45, 2.75) is 36.5 Å². The zero-order chi connectivity index (χ0) is 22.1. The van der Waals surface area contributed by atoms with Crippen LogP contribution in [0.2, 0.25) is 0 Å². The standard InChI is InChI=1S/C23H26N4O2S2.ClH/c1-17(28)25-21-7-3-19(4-8-21)14-30-23(13-27-12-11-24-16-27)31-15-20-5-9-22(10-6-20)26-18(2)29;/h3-12,16,23H,13-15H2,1-2H3,(H,25,28)(H,26,29);1H. The number of nitrogens with zero attached hydrogens (tertiary/aromatic N) is 2. The Balaban J connectivity index is 0.00000363. The Hall–Kier alpha value is -2.42. The summed E-state index contributed by atoms with van der Waals surface area (Å²) in [4.78, 5) is 26.5. The van der Waals surface area contributed by atoms with Crippen LogP contribution < -0.4 is 10.6 Å². The summed E-state index contributed by atoms with van der Waals surface area (Å²) in [5, 5.41) is 5.59. The number of amides is 2. The molecule has 170 valence electrons. The van der Waals surface area contributed by atoms with Gasteiger partial charge >= 0.3 is 0 Å². The summed E-state index contributed by atoms with van der Waals surface area (Å²) in [6, 6.07) is 16.0. The summed E-state index contributed by atoms with van der Waals surface area (Å²) in [5.74, 6) is 1.63. The lowest BCUT2D eigenvalue weighted by atomic mass is 10.2. The Labute approximate surface area is 203 Å². The van der Waals surface area contributed by atoms with E-state index in [2.05, 4.69) is 44.5 Å². The maximum atomic E-state index is 11.2. The zero-order valence-corrected chi connectivity index (χ0v) is 20.4. The van der Waals surface area contributed by atoms with Crippen molar-refractivity contribution in [3.05, 3.63) is 78.4 Å². The van der Waals surface area contributed by atoms with Crippen LogP contribution in [0.1, 0.15) is 25.0 Å². The van der Waals surface area contributed by atoms with Crippen LogP contribution in [0.3, 0.4) is 0 Å². The third kappa shape index (κ3) is 8.98. The van der Waals surface area contributed by atoms with Gasteiger partial charge in [0.15, 0.2) is 0 Å². The first-order valence-electron chi connectivity index (χ1n) is 9.90. The molecule has 0 saturated carbocycles. The van der Waals surface area contributed by atoms with E-state index in [0.29, 0.717) is 4.58 Å². The number of aromatic nitrogens is 2. The lowest BCUT2D eigenvalue weighted by Gasteiger charge is -2.17. The van der Waals surface area contributed by atoms with Gasteiger partial charge in [-0.15, -0.1) is 35.9 Å². The van der Waals surface area contributed by atoms with E-state index >= 15 is 0 Å². The van der Waals surface area contributed by atoms with Crippen LogP contribution in [0.5, 0.6) is 0 Å². The molecule has 2 N–H and O–H groups in total. The van der Waals surface area contributed by atoms with Gasteiger partial charge in [0.05, 0.1) is 10.9 Å². The first-order chi connectivity index (χ1) is 15.0. The smallest absolute Gasteiger partial charge is 0.221 e. The number of anilines is 2. The van der Waals surface area contributed by atoms with Gasteiger partial charge in [0.25, 0.3) is 0 Å². The summed E-state index contributed by atoms with van der Waals surface area (Å²) >= 11 is 3.79.